The van der Waals surface area contributed by atoms with Gasteiger partial charge in [0.05, 0.1) is 11.9 Å². The molecule has 0 aliphatic heterocycles. The quantitative estimate of drug-likeness (QED) is 0.543. The van der Waals surface area contributed by atoms with Crippen LogP contribution in [0.5, 0.6) is 0 Å². The SMILES string of the molecule is Cc1ccc(N(CC(=O)N(Cc2ccccc2C)[C@@H](C)C(=O)NC2CCCCC2)S(C)(=O)=O)cc1C. The van der Waals surface area contributed by atoms with Gasteiger partial charge < -0.3 is 10.2 Å². The van der Waals surface area contributed by atoms with Crippen molar-refractivity contribution in [1.29, 1.82) is 0 Å². The molecule has 0 heterocycles. The van der Waals surface area contributed by atoms with E-state index >= 15 is 0 Å². The average Bonchev–Trinajstić information content (AvgIpc) is 2.83. The maximum absolute atomic E-state index is 13.7. The number of anilines is 1. The number of rotatable bonds is 9. The molecule has 0 spiro atoms. The van der Waals surface area contributed by atoms with Crippen LogP contribution in [0.15, 0.2) is 42.5 Å². The monoisotopic (exact) mass is 513 g/mol. The third-order valence-electron chi connectivity index (χ3n) is 7.18. The second-order valence-electron chi connectivity index (χ2n) is 10.0. The highest BCUT2D eigenvalue weighted by Crippen LogP contribution is 2.23. The lowest BCUT2D eigenvalue weighted by Crippen LogP contribution is -2.53. The lowest BCUT2D eigenvalue weighted by atomic mass is 9.95. The summed E-state index contributed by atoms with van der Waals surface area (Å²) < 4.78 is 26.6. The molecule has 1 atom stereocenters. The number of sulfonamides is 1. The molecular weight excluding hydrogens is 474 g/mol. The molecule has 1 fully saturated rings. The summed E-state index contributed by atoms with van der Waals surface area (Å²) in [5.41, 5.74) is 4.33. The molecule has 0 bridgehead atoms. The number of nitrogens with one attached hydrogen (secondary N) is 1. The molecule has 7 nitrogen and oxygen atoms in total. The van der Waals surface area contributed by atoms with Crippen LogP contribution in [0.4, 0.5) is 5.69 Å². The fourth-order valence-electron chi connectivity index (χ4n) is 4.62. The van der Waals surface area contributed by atoms with E-state index < -0.39 is 22.0 Å². The van der Waals surface area contributed by atoms with Gasteiger partial charge in [-0.1, -0.05) is 49.6 Å². The van der Waals surface area contributed by atoms with Gasteiger partial charge in [-0.15, -0.1) is 0 Å². The predicted octanol–water partition coefficient (Wildman–Crippen LogP) is 4.24. The number of amides is 2. The van der Waals surface area contributed by atoms with Crippen LogP contribution < -0.4 is 9.62 Å². The molecule has 2 aromatic rings. The average molecular weight is 514 g/mol. The summed E-state index contributed by atoms with van der Waals surface area (Å²) in [5, 5.41) is 3.12. The normalized spacial score (nSPS) is 15.2. The Morgan fingerprint density at radius 1 is 0.972 bits per heavy atom. The molecule has 3 rings (SSSR count). The first kappa shape index (κ1) is 27.7. The van der Waals surface area contributed by atoms with Gasteiger partial charge in [-0.05, 0) is 74.9 Å². The van der Waals surface area contributed by atoms with Crippen molar-refractivity contribution in [3.8, 4) is 0 Å². The molecule has 2 aromatic carbocycles. The van der Waals surface area contributed by atoms with E-state index in [-0.39, 0.29) is 25.0 Å². The highest BCUT2D eigenvalue weighted by atomic mass is 32.2. The van der Waals surface area contributed by atoms with Crippen LogP contribution >= 0.6 is 0 Å². The summed E-state index contributed by atoms with van der Waals surface area (Å²) in [7, 11) is -3.74. The van der Waals surface area contributed by atoms with E-state index in [4.69, 9.17) is 0 Å². The van der Waals surface area contributed by atoms with E-state index in [0.717, 1.165) is 58.5 Å². The van der Waals surface area contributed by atoms with Crippen LogP contribution in [0.2, 0.25) is 0 Å². The summed E-state index contributed by atoms with van der Waals surface area (Å²) in [5.74, 6) is -0.630. The minimum Gasteiger partial charge on any atom is -0.352 e. The Morgan fingerprint density at radius 3 is 2.25 bits per heavy atom. The zero-order valence-electron chi connectivity index (χ0n) is 22.1. The van der Waals surface area contributed by atoms with Crippen molar-refractivity contribution in [2.75, 3.05) is 17.1 Å². The summed E-state index contributed by atoms with van der Waals surface area (Å²) >= 11 is 0. The van der Waals surface area contributed by atoms with Gasteiger partial charge in [-0.25, -0.2) is 8.42 Å². The molecule has 1 saturated carbocycles. The first-order valence-electron chi connectivity index (χ1n) is 12.7. The maximum Gasteiger partial charge on any atom is 0.244 e. The predicted molar refractivity (Wildman–Crippen MR) is 144 cm³/mol. The van der Waals surface area contributed by atoms with Gasteiger partial charge in [0.2, 0.25) is 21.8 Å². The molecule has 1 aliphatic carbocycles. The molecule has 0 unspecified atom stereocenters. The van der Waals surface area contributed by atoms with Crippen LogP contribution in [0.3, 0.4) is 0 Å². The van der Waals surface area contributed by atoms with E-state index in [0.29, 0.717) is 5.69 Å². The molecule has 8 heteroatoms. The van der Waals surface area contributed by atoms with Crippen molar-refractivity contribution >= 4 is 27.5 Å². The molecular formula is C28H39N3O4S. The van der Waals surface area contributed by atoms with E-state index in [2.05, 4.69) is 5.32 Å². The van der Waals surface area contributed by atoms with Gasteiger partial charge in [0, 0.05) is 12.6 Å². The largest absolute Gasteiger partial charge is 0.352 e. The molecule has 0 aromatic heterocycles. The lowest BCUT2D eigenvalue weighted by molar-refractivity contribution is -0.139. The Morgan fingerprint density at radius 2 is 1.64 bits per heavy atom. The summed E-state index contributed by atoms with van der Waals surface area (Å²) in [6.45, 7) is 7.37. The van der Waals surface area contributed by atoms with Gasteiger partial charge in [-0.2, -0.15) is 0 Å². The van der Waals surface area contributed by atoms with Crippen molar-refractivity contribution in [1.82, 2.24) is 10.2 Å². The fourth-order valence-corrected chi connectivity index (χ4v) is 5.46. The Balaban J connectivity index is 1.89. The van der Waals surface area contributed by atoms with Gasteiger partial charge in [0.1, 0.15) is 12.6 Å². The molecule has 1 N–H and O–H groups in total. The fraction of sp³-hybridized carbons (Fsp3) is 0.500. The van der Waals surface area contributed by atoms with Gasteiger partial charge >= 0.3 is 0 Å². The highest BCUT2D eigenvalue weighted by molar-refractivity contribution is 7.92. The number of carbonyl (C=O) groups is 2. The zero-order chi connectivity index (χ0) is 26.5. The van der Waals surface area contributed by atoms with Crippen molar-refractivity contribution in [2.45, 2.75) is 78.4 Å². The lowest BCUT2D eigenvalue weighted by Gasteiger charge is -2.33. The first-order valence-corrected chi connectivity index (χ1v) is 14.5. The molecule has 36 heavy (non-hydrogen) atoms. The smallest absolute Gasteiger partial charge is 0.244 e. The number of hydrogen-bond acceptors (Lipinski definition) is 4. The first-order chi connectivity index (χ1) is 17.0. The summed E-state index contributed by atoms with van der Waals surface area (Å²) in [4.78, 5) is 28.4. The standard InChI is InChI=1S/C28H39N3O4S/c1-20-15-16-26(17-22(20)3)31(36(5,34)35)19-27(32)30(18-24-12-10-9-11-21(24)2)23(4)28(33)29-25-13-7-6-8-14-25/h9-12,15-17,23,25H,6-8,13-14,18-19H2,1-5H3,(H,29,33)/t23-/m0/s1. The summed E-state index contributed by atoms with van der Waals surface area (Å²) in [6, 6.07) is 12.4. The van der Waals surface area contributed by atoms with Gasteiger partial charge in [0.25, 0.3) is 0 Å². The van der Waals surface area contributed by atoms with Crippen molar-refractivity contribution in [3.05, 3.63) is 64.7 Å². The maximum atomic E-state index is 13.7. The molecule has 0 radical (unpaired) electrons. The Bertz CT molecular complexity index is 1190. The second-order valence-corrected chi connectivity index (χ2v) is 11.9. The number of hydrogen-bond donors (Lipinski definition) is 1. The Kier molecular flexibility index (Phi) is 9.17. The minimum atomic E-state index is -3.74. The third kappa shape index (κ3) is 7.09. The van der Waals surface area contributed by atoms with Crippen LogP contribution in [-0.4, -0.2) is 50.0 Å². The minimum absolute atomic E-state index is 0.118. The van der Waals surface area contributed by atoms with Crippen LogP contribution in [-0.2, 0) is 26.2 Å². The molecule has 0 saturated heterocycles. The van der Waals surface area contributed by atoms with Crippen molar-refractivity contribution in [3.63, 3.8) is 0 Å². The van der Waals surface area contributed by atoms with Crippen LogP contribution in [0.25, 0.3) is 0 Å². The number of aryl methyl sites for hydroxylation is 3. The van der Waals surface area contributed by atoms with Gasteiger partial charge in [0.15, 0.2) is 0 Å². The Hall–Kier alpha value is -2.87. The zero-order valence-corrected chi connectivity index (χ0v) is 22.9. The Labute approximate surface area is 215 Å². The van der Waals surface area contributed by atoms with Crippen LogP contribution in [0.1, 0.15) is 61.3 Å². The third-order valence-corrected chi connectivity index (χ3v) is 8.32. The van der Waals surface area contributed by atoms with E-state index in [1.165, 1.54) is 11.3 Å². The highest BCUT2D eigenvalue weighted by Gasteiger charge is 2.31. The second kappa shape index (κ2) is 11.9. The van der Waals surface area contributed by atoms with Crippen molar-refractivity contribution < 1.29 is 18.0 Å². The van der Waals surface area contributed by atoms with Crippen molar-refractivity contribution in [2.24, 2.45) is 0 Å². The van der Waals surface area contributed by atoms with E-state index in [1.54, 1.807) is 19.1 Å². The van der Waals surface area contributed by atoms with Gasteiger partial charge in [-0.3, -0.25) is 13.9 Å². The number of nitrogens with zero attached hydrogens (tertiary/aromatic N) is 2. The van der Waals surface area contributed by atoms with E-state index in [9.17, 15) is 18.0 Å². The molecule has 1 aliphatic rings. The number of carbonyl (C=O) groups excluding carboxylic acids is 2. The molecule has 2 amide bonds. The van der Waals surface area contributed by atoms with E-state index in [1.807, 2.05) is 51.1 Å². The van der Waals surface area contributed by atoms with Crippen LogP contribution in [0, 0.1) is 20.8 Å². The molecule has 196 valence electrons. The topological polar surface area (TPSA) is 86.8 Å². The number of benzene rings is 2. The summed E-state index contributed by atoms with van der Waals surface area (Å²) in [6.07, 6.45) is 6.34.